The predicted octanol–water partition coefficient (Wildman–Crippen LogP) is 3.07. The van der Waals surface area contributed by atoms with Crippen molar-refractivity contribution < 1.29 is 14.3 Å². The fourth-order valence-corrected chi connectivity index (χ4v) is 2.73. The number of esters is 1. The van der Waals surface area contributed by atoms with Gasteiger partial charge in [0.25, 0.3) is 0 Å². The Morgan fingerprint density at radius 1 is 1.09 bits per heavy atom. The van der Waals surface area contributed by atoms with Gasteiger partial charge in [-0.1, -0.05) is 12.8 Å². The number of amides is 1. The third-order valence-corrected chi connectivity index (χ3v) is 4.02. The minimum atomic E-state index is -0.310. The van der Waals surface area contributed by atoms with Gasteiger partial charge in [-0.2, -0.15) is 0 Å². The molecule has 1 N–H and O–H groups in total. The van der Waals surface area contributed by atoms with E-state index in [1.54, 1.807) is 19.1 Å². The number of ether oxygens (including phenoxy) is 1. The molecule has 0 saturated carbocycles. The van der Waals surface area contributed by atoms with Crippen LogP contribution in [0.3, 0.4) is 0 Å². The van der Waals surface area contributed by atoms with Crippen LogP contribution in [0, 0.1) is 0 Å². The van der Waals surface area contributed by atoms with Crippen molar-refractivity contribution in [1.82, 2.24) is 4.90 Å². The molecule has 1 saturated heterocycles. The molecule has 1 aliphatic heterocycles. The maximum Gasteiger partial charge on any atom is 0.338 e. The van der Waals surface area contributed by atoms with E-state index in [4.69, 9.17) is 4.74 Å². The minimum absolute atomic E-state index is 0.225. The van der Waals surface area contributed by atoms with Crippen LogP contribution in [0.4, 0.5) is 5.69 Å². The van der Waals surface area contributed by atoms with E-state index in [9.17, 15) is 9.59 Å². The van der Waals surface area contributed by atoms with E-state index in [1.807, 2.05) is 17.0 Å². The van der Waals surface area contributed by atoms with Crippen LogP contribution in [-0.4, -0.2) is 43.0 Å². The van der Waals surface area contributed by atoms with Crippen molar-refractivity contribution in [3.05, 3.63) is 29.8 Å². The number of carbonyl (C=O) groups excluding carboxylic acids is 2. The molecule has 1 aromatic rings. The van der Waals surface area contributed by atoms with Gasteiger partial charge in [0, 0.05) is 31.7 Å². The smallest absolute Gasteiger partial charge is 0.338 e. The van der Waals surface area contributed by atoms with Crippen molar-refractivity contribution >= 4 is 17.6 Å². The summed E-state index contributed by atoms with van der Waals surface area (Å²) in [4.78, 5) is 25.7. The number of nitrogens with one attached hydrogen (secondary N) is 1. The maximum absolute atomic E-state index is 12.2. The number of benzene rings is 1. The van der Waals surface area contributed by atoms with Crippen LogP contribution >= 0.6 is 0 Å². The Hall–Kier alpha value is -2.04. The van der Waals surface area contributed by atoms with Crippen LogP contribution in [0.1, 0.15) is 49.4 Å². The topological polar surface area (TPSA) is 58.6 Å². The van der Waals surface area contributed by atoms with Crippen LogP contribution in [0.15, 0.2) is 24.3 Å². The summed E-state index contributed by atoms with van der Waals surface area (Å²) >= 11 is 0. The van der Waals surface area contributed by atoms with Gasteiger partial charge in [-0.05, 0) is 44.0 Å². The lowest BCUT2D eigenvalue weighted by Crippen LogP contribution is -2.32. The lowest BCUT2D eigenvalue weighted by atomic mass is 10.2. The number of anilines is 1. The van der Waals surface area contributed by atoms with Crippen molar-refractivity contribution in [1.29, 1.82) is 0 Å². The molecule has 1 fully saturated rings. The first-order chi connectivity index (χ1) is 11.2. The van der Waals surface area contributed by atoms with Crippen LogP contribution < -0.4 is 5.32 Å². The lowest BCUT2D eigenvalue weighted by Gasteiger charge is -2.20. The number of carbonyl (C=O) groups is 2. The molecule has 0 aliphatic carbocycles. The lowest BCUT2D eigenvalue weighted by molar-refractivity contribution is -0.130. The quantitative estimate of drug-likeness (QED) is 0.819. The van der Waals surface area contributed by atoms with E-state index in [0.717, 1.165) is 31.6 Å². The Morgan fingerprint density at radius 2 is 1.74 bits per heavy atom. The Labute approximate surface area is 138 Å². The highest BCUT2D eigenvalue weighted by Gasteiger charge is 2.14. The monoisotopic (exact) mass is 318 g/mol. The van der Waals surface area contributed by atoms with E-state index in [2.05, 4.69) is 5.32 Å². The summed E-state index contributed by atoms with van der Waals surface area (Å²) in [6.07, 6.45) is 5.20. The number of hydrogen-bond acceptors (Lipinski definition) is 4. The predicted molar refractivity (Wildman–Crippen MR) is 90.6 cm³/mol. The van der Waals surface area contributed by atoms with Gasteiger partial charge in [0.05, 0.1) is 12.2 Å². The summed E-state index contributed by atoms with van der Waals surface area (Å²) in [7, 11) is 0. The number of rotatable bonds is 6. The van der Waals surface area contributed by atoms with E-state index >= 15 is 0 Å². The summed E-state index contributed by atoms with van der Waals surface area (Å²) in [5.41, 5.74) is 1.44. The number of likely N-dealkylation sites (tertiary alicyclic amines) is 1. The average Bonchev–Trinajstić information content (AvgIpc) is 2.85. The molecule has 5 heteroatoms. The molecular weight excluding hydrogens is 292 g/mol. The van der Waals surface area contributed by atoms with Crippen molar-refractivity contribution in [3.63, 3.8) is 0 Å². The van der Waals surface area contributed by atoms with Gasteiger partial charge in [0.1, 0.15) is 0 Å². The van der Waals surface area contributed by atoms with Crippen LogP contribution in [-0.2, 0) is 9.53 Å². The fourth-order valence-electron chi connectivity index (χ4n) is 2.73. The molecule has 1 heterocycles. The minimum Gasteiger partial charge on any atom is -0.462 e. The molecule has 126 valence electrons. The van der Waals surface area contributed by atoms with Crippen molar-refractivity contribution in [2.24, 2.45) is 0 Å². The molecule has 0 spiro atoms. The largest absolute Gasteiger partial charge is 0.462 e. The molecule has 0 radical (unpaired) electrons. The second-order valence-electron chi connectivity index (χ2n) is 5.77. The summed E-state index contributed by atoms with van der Waals surface area (Å²) in [6.45, 7) is 4.56. The zero-order valence-electron chi connectivity index (χ0n) is 13.8. The highest BCUT2D eigenvalue weighted by atomic mass is 16.5. The van der Waals surface area contributed by atoms with Gasteiger partial charge < -0.3 is 15.0 Å². The Kier molecular flexibility index (Phi) is 6.91. The molecule has 0 atom stereocenters. The number of hydrogen-bond donors (Lipinski definition) is 1. The van der Waals surface area contributed by atoms with Gasteiger partial charge in [0.15, 0.2) is 0 Å². The Bertz CT molecular complexity index is 506. The SMILES string of the molecule is CCOC(=O)c1ccc(NCCC(=O)N2CCCCCC2)cc1. The first-order valence-electron chi connectivity index (χ1n) is 8.49. The van der Waals surface area contributed by atoms with Gasteiger partial charge in [0.2, 0.25) is 5.91 Å². The van der Waals surface area contributed by atoms with Gasteiger partial charge in [-0.25, -0.2) is 4.79 Å². The maximum atomic E-state index is 12.2. The molecule has 0 bridgehead atoms. The molecule has 2 rings (SSSR count). The molecule has 5 nitrogen and oxygen atoms in total. The zero-order chi connectivity index (χ0) is 16.5. The van der Waals surface area contributed by atoms with Crippen molar-refractivity contribution in [3.8, 4) is 0 Å². The summed E-state index contributed by atoms with van der Waals surface area (Å²) < 4.78 is 4.95. The second-order valence-corrected chi connectivity index (χ2v) is 5.77. The Morgan fingerprint density at radius 3 is 2.35 bits per heavy atom. The van der Waals surface area contributed by atoms with Gasteiger partial charge >= 0.3 is 5.97 Å². The van der Waals surface area contributed by atoms with Gasteiger partial charge in [-0.15, -0.1) is 0 Å². The van der Waals surface area contributed by atoms with E-state index in [1.165, 1.54) is 12.8 Å². The third-order valence-electron chi connectivity index (χ3n) is 4.02. The first kappa shape index (κ1) is 17.3. The molecule has 0 aromatic heterocycles. The van der Waals surface area contributed by atoms with E-state index in [0.29, 0.717) is 25.1 Å². The summed E-state index contributed by atoms with van der Waals surface area (Å²) in [6, 6.07) is 7.14. The zero-order valence-corrected chi connectivity index (χ0v) is 13.8. The molecule has 1 aromatic carbocycles. The molecule has 1 amide bonds. The summed E-state index contributed by atoms with van der Waals surface area (Å²) in [5, 5.41) is 3.23. The molecule has 0 unspecified atom stereocenters. The molecule has 23 heavy (non-hydrogen) atoms. The van der Waals surface area contributed by atoms with E-state index < -0.39 is 0 Å². The highest BCUT2D eigenvalue weighted by Crippen LogP contribution is 2.12. The number of nitrogens with zero attached hydrogens (tertiary/aromatic N) is 1. The second kappa shape index (κ2) is 9.18. The van der Waals surface area contributed by atoms with E-state index in [-0.39, 0.29) is 11.9 Å². The van der Waals surface area contributed by atoms with Crippen molar-refractivity contribution in [2.45, 2.75) is 39.0 Å². The molecule has 1 aliphatic rings. The third kappa shape index (κ3) is 5.58. The average molecular weight is 318 g/mol. The standard InChI is InChI=1S/C18H26N2O3/c1-2-23-18(22)15-7-9-16(10-8-15)19-12-11-17(21)20-13-5-3-4-6-14-20/h7-10,19H,2-6,11-14H2,1H3. The van der Waals surface area contributed by atoms with Crippen molar-refractivity contribution in [2.75, 3.05) is 31.6 Å². The highest BCUT2D eigenvalue weighted by molar-refractivity contribution is 5.89. The fraction of sp³-hybridized carbons (Fsp3) is 0.556. The van der Waals surface area contributed by atoms with Crippen LogP contribution in [0.5, 0.6) is 0 Å². The first-order valence-corrected chi connectivity index (χ1v) is 8.49. The Balaban J connectivity index is 1.75. The molecular formula is C18H26N2O3. The summed E-state index contributed by atoms with van der Waals surface area (Å²) in [5.74, 6) is -0.0852. The van der Waals surface area contributed by atoms with Crippen LogP contribution in [0.25, 0.3) is 0 Å². The van der Waals surface area contributed by atoms with Gasteiger partial charge in [-0.3, -0.25) is 4.79 Å². The van der Waals surface area contributed by atoms with Crippen LogP contribution in [0.2, 0.25) is 0 Å². The normalized spacial score (nSPS) is 14.9.